The monoisotopic (exact) mass is 270 g/mol. The Morgan fingerprint density at radius 1 is 1.37 bits per heavy atom. The highest BCUT2D eigenvalue weighted by molar-refractivity contribution is 5.86. The molecule has 1 aromatic rings. The van der Waals surface area contributed by atoms with E-state index < -0.39 is 31.0 Å². The average Bonchev–Trinajstić information content (AvgIpc) is 2.37. The van der Waals surface area contributed by atoms with Crippen LogP contribution in [0.3, 0.4) is 0 Å². The molecule has 0 fully saturated rings. The fourth-order valence-corrected chi connectivity index (χ4v) is 1.54. The molecular formula is C13H13F3N2O. The molecule has 0 aliphatic heterocycles. The van der Waals surface area contributed by atoms with Gasteiger partial charge in [-0.25, -0.2) is 0 Å². The average molecular weight is 270 g/mol. The molecule has 0 N–H and O–H groups in total. The van der Waals surface area contributed by atoms with Crippen LogP contribution in [0.1, 0.15) is 17.9 Å². The molecule has 0 bridgehead atoms. The maximum Gasteiger partial charge on any atom is 0.390 e. The fourth-order valence-electron chi connectivity index (χ4n) is 1.54. The summed E-state index contributed by atoms with van der Waals surface area (Å²) in [5.41, 5.74) is 0.480. The highest BCUT2D eigenvalue weighted by atomic mass is 19.4. The molecule has 0 aliphatic carbocycles. The smallest absolute Gasteiger partial charge is 0.344 e. The van der Waals surface area contributed by atoms with Gasteiger partial charge in [0.05, 0.1) is 12.5 Å². The molecule has 0 spiro atoms. The van der Waals surface area contributed by atoms with Crippen molar-refractivity contribution < 1.29 is 18.0 Å². The highest BCUT2D eigenvalue weighted by Crippen LogP contribution is 2.21. The minimum absolute atomic E-state index is 0.451. The van der Waals surface area contributed by atoms with Gasteiger partial charge in [-0.3, -0.25) is 4.79 Å². The van der Waals surface area contributed by atoms with Crippen molar-refractivity contribution in [1.29, 1.82) is 5.26 Å². The van der Waals surface area contributed by atoms with Gasteiger partial charge in [0, 0.05) is 13.6 Å². The number of amides is 1. The number of rotatable bonds is 4. The van der Waals surface area contributed by atoms with E-state index in [-0.39, 0.29) is 0 Å². The lowest BCUT2D eigenvalue weighted by Crippen LogP contribution is -2.34. The zero-order valence-corrected chi connectivity index (χ0v) is 10.3. The maximum atomic E-state index is 12.1. The van der Waals surface area contributed by atoms with Crippen LogP contribution in [0.15, 0.2) is 30.3 Å². The Morgan fingerprint density at radius 3 is 2.42 bits per heavy atom. The SMILES string of the molecule is CN(CCC(F)(F)F)C(=O)C(C#N)c1ccccc1. The normalized spacial score (nSPS) is 12.6. The van der Waals surface area contributed by atoms with Gasteiger partial charge in [-0.1, -0.05) is 30.3 Å². The van der Waals surface area contributed by atoms with Gasteiger partial charge >= 0.3 is 6.18 Å². The highest BCUT2D eigenvalue weighted by Gasteiger charge is 2.30. The summed E-state index contributed by atoms with van der Waals surface area (Å²) in [6.07, 6.45) is -5.40. The molecule has 0 heterocycles. The third-order valence-corrected chi connectivity index (χ3v) is 2.62. The Hall–Kier alpha value is -2.03. The Labute approximate surface area is 109 Å². The number of alkyl halides is 3. The molecule has 1 atom stereocenters. The van der Waals surface area contributed by atoms with E-state index in [0.29, 0.717) is 5.56 Å². The van der Waals surface area contributed by atoms with Gasteiger partial charge in [0.25, 0.3) is 0 Å². The second kappa shape index (κ2) is 6.23. The van der Waals surface area contributed by atoms with Gasteiger partial charge < -0.3 is 4.90 Å². The molecule has 0 aromatic heterocycles. The number of likely N-dealkylation sites (N-methyl/N-ethyl adjacent to an activating group) is 1. The van der Waals surface area contributed by atoms with E-state index in [1.54, 1.807) is 30.3 Å². The Kier molecular flexibility index (Phi) is 4.93. The number of benzene rings is 1. The van der Waals surface area contributed by atoms with Crippen LogP contribution in [0.2, 0.25) is 0 Å². The first-order chi connectivity index (χ1) is 8.85. The van der Waals surface area contributed by atoms with Crippen molar-refractivity contribution in [2.75, 3.05) is 13.6 Å². The third-order valence-electron chi connectivity index (χ3n) is 2.62. The lowest BCUT2D eigenvalue weighted by molar-refractivity contribution is -0.144. The molecular weight excluding hydrogens is 257 g/mol. The molecule has 1 rings (SSSR count). The summed E-state index contributed by atoms with van der Waals surface area (Å²) in [4.78, 5) is 12.9. The minimum atomic E-state index is -4.32. The van der Waals surface area contributed by atoms with Crippen molar-refractivity contribution in [2.45, 2.75) is 18.5 Å². The largest absolute Gasteiger partial charge is 0.390 e. The number of nitrogens with zero attached hydrogens (tertiary/aromatic N) is 2. The van der Waals surface area contributed by atoms with Crippen LogP contribution in [0.5, 0.6) is 0 Å². The van der Waals surface area contributed by atoms with E-state index in [0.717, 1.165) is 4.90 Å². The van der Waals surface area contributed by atoms with Crippen LogP contribution in [0.25, 0.3) is 0 Å². The number of nitriles is 1. The summed E-state index contributed by atoms with van der Waals surface area (Å²) in [5, 5.41) is 9.01. The van der Waals surface area contributed by atoms with E-state index in [2.05, 4.69) is 0 Å². The van der Waals surface area contributed by atoms with Gasteiger partial charge in [-0.2, -0.15) is 18.4 Å². The Balaban J connectivity index is 2.72. The molecule has 6 heteroatoms. The summed E-state index contributed by atoms with van der Waals surface area (Å²) < 4.78 is 36.2. The van der Waals surface area contributed by atoms with Crippen molar-refractivity contribution >= 4 is 5.91 Å². The zero-order chi connectivity index (χ0) is 14.5. The molecule has 1 aromatic carbocycles. The Morgan fingerprint density at radius 2 is 1.95 bits per heavy atom. The van der Waals surface area contributed by atoms with Crippen molar-refractivity contribution in [2.24, 2.45) is 0 Å². The first-order valence-electron chi connectivity index (χ1n) is 5.61. The maximum absolute atomic E-state index is 12.1. The summed E-state index contributed by atoms with van der Waals surface area (Å²) in [5.74, 6) is -1.70. The predicted octanol–water partition coefficient (Wildman–Crippen LogP) is 2.70. The van der Waals surface area contributed by atoms with Crippen LogP contribution < -0.4 is 0 Å². The summed E-state index contributed by atoms with van der Waals surface area (Å²) >= 11 is 0. The minimum Gasteiger partial charge on any atom is -0.344 e. The molecule has 0 saturated heterocycles. The van der Waals surface area contributed by atoms with E-state index in [9.17, 15) is 18.0 Å². The van der Waals surface area contributed by atoms with Crippen LogP contribution in [0.4, 0.5) is 13.2 Å². The summed E-state index contributed by atoms with van der Waals surface area (Å²) in [7, 11) is 1.27. The molecule has 0 radical (unpaired) electrons. The lowest BCUT2D eigenvalue weighted by atomic mass is 9.99. The standard InChI is InChI=1S/C13H13F3N2O/c1-18(8-7-13(14,15)16)12(19)11(9-17)10-5-3-2-4-6-10/h2-6,11H,7-8H2,1H3. The van der Waals surface area contributed by atoms with Gasteiger partial charge in [0.15, 0.2) is 0 Å². The molecule has 19 heavy (non-hydrogen) atoms. The fraction of sp³-hybridized carbons (Fsp3) is 0.385. The topological polar surface area (TPSA) is 44.1 Å². The second-order valence-electron chi connectivity index (χ2n) is 4.10. The van der Waals surface area contributed by atoms with Crippen LogP contribution in [-0.4, -0.2) is 30.6 Å². The molecule has 1 amide bonds. The number of halogens is 3. The molecule has 0 saturated carbocycles. The molecule has 3 nitrogen and oxygen atoms in total. The molecule has 1 unspecified atom stereocenters. The Bertz CT molecular complexity index is 465. The number of carbonyl (C=O) groups is 1. The van der Waals surface area contributed by atoms with Crippen molar-refractivity contribution in [3.63, 3.8) is 0 Å². The first-order valence-corrected chi connectivity index (χ1v) is 5.61. The van der Waals surface area contributed by atoms with Crippen LogP contribution in [0, 0.1) is 11.3 Å². The van der Waals surface area contributed by atoms with Crippen LogP contribution >= 0.6 is 0 Å². The quantitative estimate of drug-likeness (QED) is 0.844. The van der Waals surface area contributed by atoms with Gasteiger partial charge in [-0.15, -0.1) is 0 Å². The summed E-state index contributed by atoms with van der Waals surface area (Å²) in [6.45, 7) is -0.451. The molecule has 0 aliphatic rings. The van der Waals surface area contributed by atoms with Gasteiger partial charge in [-0.05, 0) is 5.56 Å². The second-order valence-corrected chi connectivity index (χ2v) is 4.10. The van der Waals surface area contributed by atoms with Crippen molar-refractivity contribution in [3.05, 3.63) is 35.9 Å². The van der Waals surface area contributed by atoms with Gasteiger partial charge in [0.2, 0.25) is 5.91 Å². The number of hydrogen-bond acceptors (Lipinski definition) is 2. The number of carbonyl (C=O) groups excluding carboxylic acids is 1. The van der Waals surface area contributed by atoms with E-state index in [1.807, 2.05) is 6.07 Å². The first kappa shape index (κ1) is 15.0. The number of hydrogen-bond donors (Lipinski definition) is 0. The van der Waals surface area contributed by atoms with Crippen molar-refractivity contribution in [1.82, 2.24) is 4.90 Å². The zero-order valence-electron chi connectivity index (χ0n) is 10.3. The summed E-state index contributed by atoms with van der Waals surface area (Å²) in [6, 6.07) is 10.1. The predicted molar refractivity (Wildman–Crippen MR) is 63.1 cm³/mol. The molecule has 102 valence electrons. The van der Waals surface area contributed by atoms with Crippen molar-refractivity contribution in [3.8, 4) is 6.07 Å². The van der Waals surface area contributed by atoms with E-state index >= 15 is 0 Å². The van der Waals surface area contributed by atoms with Gasteiger partial charge in [0.1, 0.15) is 5.92 Å². The van der Waals surface area contributed by atoms with E-state index in [1.165, 1.54) is 7.05 Å². The van der Waals surface area contributed by atoms with Crippen LogP contribution in [-0.2, 0) is 4.79 Å². The van der Waals surface area contributed by atoms with E-state index in [4.69, 9.17) is 5.26 Å². The third kappa shape index (κ3) is 4.62. The lowest BCUT2D eigenvalue weighted by Gasteiger charge is -2.20.